The number of nitrogens with one attached hydrogen (secondary N) is 1. The first-order valence-electron chi connectivity index (χ1n) is 7.60. The Bertz CT molecular complexity index is 783. The van der Waals surface area contributed by atoms with Crippen molar-refractivity contribution in [3.8, 4) is 0 Å². The van der Waals surface area contributed by atoms with Crippen LogP contribution in [0.5, 0.6) is 0 Å². The molecule has 1 amide bonds. The van der Waals surface area contributed by atoms with Crippen molar-refractivity contribution in [3.63, 3.8) is 0 Å². The third-order valence-corrected chi connectivity index (χ3v) is 4.58. The van der Waals surface area contributed by atoms with E-state index in [9.17, 15) is 9.59 Å². The van der Waals surface area contributed by atoms with Crippen LogP contribution in [0.2, 0.25) is 0 Å². The number of rotatable bonds is 5. The molecule has 1 aromatic heterocycles. The normalized spacial score (nSPS) is 19.6. The zero-order valence-corrected chi connectivity index (χ0v) is 14.0. The summed E-state index contributed by atoms with van der Waals surface area (Å²) in [6.07, 6.45) is 0.315. The molecule has 3 rings (SSSR count). The molecule has 25 heavy (non-hydrogen) atoms. The molecule has 0 radical (unpaired) electrons. The molecule has 0 bridgehead atoms. The molecule has 0 aliphatic carbocycles. The lowest BCUT2D eigenvalue weighted by Gasteiger charge is -2.14. The number of benzene rings is 1. The molecule has 9 heteroatoms. The Morgan fingerprint density at radius 1 is 1.40 bits per heavy atom. The predicted octanol–water partition coefficient (Wildman–Crippen LogP) is 1.57. The van der Waals surface area contributed by atoms with Gasteiger partial charge in [0.1, 0.15) is 24.1 Å². The smallest absolute Gasteiger partial charge is 0.413 e. The lowest BCUT2D eigenvalue weighted by atomic mass is 10.2. The summed E-state index contributed by atoms with van der Waals surface area (Å²) in [4.78, 5) is 27.7. The van der Waals surface area contributed by atoms with Crippen molar-refractivity contribution in [2.75, 3.05) is 17.7 Å². The molecule has 0 unspecified atom stereocenters. The van der Waals surface area contributed by atoms with E-state index in [4.69, 9.17) is 14.6 Å². The van der Waals surface area contributed by atoms with Gasteiger partial charge in [0.05, 0.1) is 6.61 Å². The van der Waals surface area contributed by atoms with Crippen molar-refractivity contribution in [2.24, 2.45) is 0 Å². The fraction of sp³-hybridized carbons (Fsp3) is 0.312. The summed E-state index contributed by atoms with van der Waals surface area (Å²) in [6.45, 7) is 0.00959. The largest absolute Gasteiger partial charge is 0.444 e. The van der Waals surface area contributed by atoms with Crippen LogP contribution >= 0.6 is 11.8 Å². The molecular weight excluding hydrogens is 346 g/mol. The van der Waals surface area contributed by atoms with Crippen LogP contribution < -0.4 is 11.0 Å². The number of hydrogen-bond donors (Lipinski definition) is 2. The van der Waals surface area contributed by atoms with Gasteiger partial charge in [-0.1, -0.05) is 30.3 Å². The van der Waals surface area contributed by atoms with Gasteiger partial charge in [0.2, 0.25) is 0 Å². The summed E-state index contributed by atoms with van der Waals surface area (Å²) < 4.78 is 11.9. The molecule has 2 heterocycles. The number of anilines is 1. The third kappa shape index (κ3) is 4.59. The van der Waals surface area contributed by atoms with Crippen LogP contribution in [-0.2, 0) is 16.1 Å². The molecule has 0 saturated carbocycles. The second kappa shape index (κ2) is 8.15. The highest BCUT2D eigenvalue weighted by Gasteiger charge is 2.27. The monoisotopic (exact) mass is 363 g/mol. The van der Waals surface area contributed by atoms with Crippen molar-refractivity contribution in [1.29, 1.82) is 0 Å². The average Bonchev–Trinajstić information content (AvgIpc) is 3.10. The lowest BCUT2D eigenvalue weighted by molar-refractivity contribution is -0.00629. The Hall–Kier alpha value is -2.36. The molecule has 2 N–H and O–H groups in total. The fourth-order valence-corrected chi connectivity index (χ4v) is 3.18. The summed E-state index contributed by atoms with van der Waals surface area (Å²) in [5.41, 5.74) is -0.0388. The third-order valence-electron chi connectivity index (χ3n) is 3.47. The first kappa shape index (κ1) is 17.5. The van der Waals surface area contributed by atoms with E-state index in [1.165, 1.54) is 28.6 Å². The Morgan fingerprint density at radius 3 is 2.88 bits per heavy atom. The zero-order chi connectivity index (χ0) is 17.6. The van der Waals surface area contributed by atoms with Crippen molar-refractivity contribution < 1.29 is 19.4 Å². The second-order valence-corrected chi connectivity index (χ2v) is 6.42. The van der Waals surface area contributed by atoms with Crippen LogP contribution in [-0.4, -0.2) is 38.5 Å². The number of carbonyl (C=O) groups is 1. The molecule has 1 aliphatic rings. The van der Waals surface area contributed by atoms with Crippen LogP contribution in [0.25, 0.3) is 0 Å². The summed E-state index contributed by atoms with van der Waals surface area (Å²) in [5, 5.41) is 11.5. The molecule has 1 fully saturated rings. The van der Waals surface area contributed by atoms with Crippen LogP contribution in [0.1, 0.15) is 11.8 Å². The number of nitrogens with zero attached hydrogens (tertiary/aromatic N) is 2. The van der Waals surface area contributed by atoms with Gasteiger partial charge in [-0.2, -0.15) is 4.98 Å². The van der Waals surface area contributed by atoms with Crippen molar-refractivity contribution in [2.45, 2.75) is 18.3 Å². The van der Waals surface area contributed by atoms with Gasteiger partial charge in [-0.3, -0.25) is 9.88 Å². The summed E-state index contributed by atoms with van der Waals surface area (Å²) in [6, 6.07) is 10.7. The molecule has 132 valence electrons. The zero-order valence-electron chi connectivity index (χ0n) is 13.2. The van der Waals surface area contributed by atoms with Crippen LogP contribution in [0.3, 0.4) is 0 Å². The summed E-state index contributed by atoms with van der Waals surface area (Å²) in [5.74, 6) is 0.641. The van der Waals surface area contributed by atoms with Gasteiger partial charge in [0.25, 0.3) is 0 Å². The highest BCUT2D eigenvalue weighted by atomic mass is 32.2. The lowest BCUT2D eigenvalue weighted by Crippen LogP contribution is -2.29. The minimum Gasteiger partial charge on any atom is -0.444 e. The number of hydrogen-bond acceptors (Lipinski definition) is 7. The average molecular weight is 363 g/mol. The van der Waals surface area contributed by atoms with Gasteiger partial charge in [-0.25, -0.2) is 9.59 Å². The van der Waals surface area contributed by atoms with E-state index in [0.717, 1.165) is 5.56 Å². The molecular formula is C16H17N3O5S. The van der Waals surface area contributed by atoms with Gasteiger partial charge < -0.3 is 14.6 Å². The fourth-order valence-electron chi connectivity index (χ4n) is 2.25. The van der Waals surface area contributed by atoms with E-state index in [1.54, 1.807) is 0 Å². The number of carbonyl (C=O) groups excluding carboxylic acids is 1. The number of aliphatic hydroxyl groups excluding tert-OH is 1. The van der Waals surface area contributed by atoms with E-state index in [1.807, 2.05) is 30.3 Å². The molecule has 8 nitrogen and oxygen atoms in total. The van der Waals surface area contributed by atoms with E-state index < -0.39 is 18.0 Å². The minimum absolute atomic E-state index is 0.101. The number of aromatic nitrogens is 2. The molecule has 2 aromatic rings. The topological polar surface area (TPSA) is 103 Å². The molecule has 2 atom stereocenters. The standard InChI is InChI=1S/C16H17N3O5S/c20-8-14-24-13(10-25-14)19-7-6-12(17-15(19)21)18-16(22)23-9-11-4-2-1-3-5-11/h1-7,13-14,20H,8-10H2,(H,17,18,21,22)/t13-,14+/m0/s1. The highest BCUT2D eigenvalue weighted by molar-refractivity contribution is 8.00. The summed E-state index contributed by atoms with van der Waals surface area (Å²) >= 11 is 1.42. The van der Waals surface area contributed by atoms with E-state index in [0.29, 0.717) is 5.75 Å². The van der Waals surface area contributed by atoms with Crippen molar-refractivity contribution in [1.82, 2.24) is 9.55 Å². The van der Waals surface area contributed by atoms with Gasteiger partial charge in [0.15, 0.2) is 0 Å². The van der Waals surface area contributed by atoms with Crippen molar-refractivity contribution in [3.05, 3.63) is 58.6 Å². The highest BCUT2D eigenvalue weighted by Crippen LogP contribution is 2.30. The molecule has 1 aliphatic heterocycles. The van der Waals surface area contributed by atoms with Crippen LogP contribution in [0, 0.1) is 0 Å². The van der Waals surface area contributed by atoms with E-state index in [-0.39, 0.29) is 24.5 Å². The van der Waals surface area contributed by atoms with Gasteiger partial charge in [-0.15, -0.1) is 11.8 Å². The first-order valence-corrected chi connectivity index (χ1v) is 8.65. The van der Waals surface area contributed by atoms with Crippen LogP contribution in [0.4, 0.5) is 10.6 Å². The van der Waals surface area contributed by atoms with Crippen LogP contribution in [0.15, 0.2) is 47.4 Å². The second-order valence-electron chi connectivity index (χ2n) is 5.23. The van der Waals surface area contributed by atoms with E-state index in [2.05, 4.69) is 10.3 Å². The summed E-state index contributed by atoms with van der Waals surface area (Å²) in [7, 11) is 0. The number of ether oxygens (including phenoxy) is 2. The number of thioether (sulfide) groups is 1. The maximum absolute atomic E-state index is 12.1. The maximum atomic E-state index is 12.1. The number of amides is 1. The molecule has 1 aromatic carbocycles. The first-order chi connectivity index (χ1) is 12.2. The molecule has 1 saturated heterocycles. The number of aliphatic hydroxyl groups is 1. The van der Waals surface area contributed by atoms with E-state index >= 15 is 0 Å². The predicted molar refractivity (Wildman–Crippen MR) is 92.2 cm³/mol. The Morgan fingerprint density at radius 2 is 2.20 bits per heavy atom. The van der Waals surface area contributed by atoms with Gasteiger partial charge in [0, 0.05) is 11.9 Å². The quantitative estimate of drug-likeness (QED) is 0.831. The Kier molecular flexibility index (Phi) is 5.69. The molecule has 0 spiro atoms. The Balaban J connectivity index is 1.57. The Labute approximate surface area is 147 Å². The van der Waals surface area contributed by atoms with Gasteiger partial charge in [-0.05, 0) is 11.6 Å². The van der Waals surface area contributed by atoms with Gasteiger partial charge >= 0.3 is 11.8 Å². The SMILES string of the molecule is O=C(Nc1ccn([C@@H]2CS[C@H](CO)O2)c(=O)n1)OCc1ccccc1. The maximum Gasteiger partial charge on any atom is 0.413 e. The van der Waals surface area contributed by atoms with Crippen molar-refractivity contribution >= 4 is 23.7 Å². The minimum atomic E-state index is -0.693.